The van der Waals surface area contributed by atoms with Crippen LogP contribution in [0.4, 0.5) is 0 Å². The van der Waals surface area contributed by atoms with Crippen LogP contribution in [0.15, 0.2) is 69.9 Å². The second kappa shape index (κ2) is 11.4. The Morgan fingerprint density at radius 2 is 1.74 bits per heavy atom. The molecule has 1 aliphatic rings. The molecule has 1 aliphatic carbocycles. The Morgan fingerprint density at radius 3 is 2.37 bits per heavy atom. The Hall–Kier alpha value is -4.01. The van der Waals surface area contributed by atoms with Crippen LogP contribution in [0.2, 0.25) is 0 Å². The lowest BCUT2D eigenvalue weighted by atomic mass is 10.1. The Balaban J connectivity index is 1.59. The first-order chi connectivity index (χ1) is 17.0. The molecule has 1 saturated carbocycles. The predicted molar refractivity (Wildman–Crippen MR) is 126 cm³/mol. The molecule has 0 aliphatic heterocycles. The van der Waals surface area contributed by atoms with Crippen LogP contribution >= 0.6 is 0 Å². The number of nitrogens with zero attached hydrogens (tertiary/aromatic N) is 1. The summed E-state index contributed by atoms with van der Waals surface area (Å²) in [6.07, 6.45) is 6.78. The average molecular weight is 480 g/mol. The molecule has 4 rings (SSSR count). The smallest absolute Gasteiger partial charge is 0.287 e. The number of hydrogen-bond acceptors (Lipinski definition) is 6. The van der Waals surface area contributed by atoms with E-state index in [1.165, 1.54) is 23.5 Å². The lowest BCUT2D eigenvalue weighted by Crippen LogP contribution is -2.48. The predicted octanol–water partition coefficient (Wildman–Crippen LogP) is 3.44. The van der Waals surface area contributed by atoms with Gasteiger partial charge in [0.15, 0.2) is 11.8 Å². The second-order valence-electron chi connectivity index (χ2n) is 8.44. The zero-order valence-corrected chi connectivity index (χ0v) is 19.6. The van der Waals surface area contributed by atoms with E-state index in [1.807, 2.05) is 12.1 Å². The van der Waals surface area contributed by atoms with Gasteiger partial charge in [-0.05, 0) is 54.8 Å². The van der Waals surface area contributed by atoms with E-state index < -0.39 is 17.9 Å². The monoisotopic (exact) mass is 479 g/mol. The van der Waals surface area contributed by atoms with Crippen LogP contribution < -0.4 is 15.4 Å². The fourth-order valence-electron chi connectivity index (χ4n) is 4.22. The van der Waals surface area contributed by atoms with Crippen molar-refractivity contribution in [2.75, 3.05) is 13.7 Å². The third-order valence-corrected chi connectivity index (χ3v) is 6.05. The number of carbonyl (C=O) groups excluding carboxylic acids is 3. The normalized spacial score (nSPS) is 14.3. The third-order valence-electron chi connectivity index (χ3n) is 6.05. The SMILES string of the molecule is COc1ccc(CN(C(=O)CNC(=O)c2ccco2)[C@@H](C(=O)NC2CCCC2)c2ccco2)cc1. The molecule has 0 saturated heterocycles. The van der Waals surface area contributed by atoms with Gasteiger partial charge in [0.05, 0.1) is 26.2 Å². The number of rotatable bonds is 10. The maximum Gasteiger partial charge on any atom is 0.287 e. The lowest BCUT2D eigenvalue weighted by molar-refractivity contribution is -0.141. The maximum atomic E-state index is 13.5. The van der Waals surface area contributed by atoms with E-state index in [2.05, 4.69) is 10.6 Å². The summed E-state index contributed by atoms with van der Waals surface area (Å²) >= 11 is 0. The van der Waals surface area contributed by atoms with E-state index in [0.717, 1.165) is 31.2 Å². The minimum Gasteiger partial charge on any atom is -0.497 e. The molecule has 1 atom stereocenters. The highest BCUT2D eigenvalue weighted by atomic mass is 16.5. The molecule has 2 heterocycles. The number of benzene rings is 1. The molecule has 9 nitrogen and oxygen atoms in total. The van der Waals surface area contributed by atoms with Crippen LogP contribution in [-0.2, 0) is 16.1 Å². The van der Waals surface area contributed by atoms with Crippen LogP contribution in [0.25, 0.3) is 0 Å². The minimum atomic E-state index is -0.999. The first-order valence-electron chi connectivity index (χ1n) is 11.6. The summed E-state index contributed by atoms with van der Waals surface area (Å²) in [4.78, 5) is 40.7. The zero-order chi connectivity index (χ0) is 24.6. The molecule has 0 bridgehead atoms. The van der Waals surface area contributed by atoms with Gasteiger partial charge in [-0.15, -0.1) is 0 Å². The van der Waals surface area contributed by atoms with Crippen molar-refractivity contribution in [3.05, 3.63) is 78.1 Å². The number of methoxy groups -OCH3 is 1. The highest BCUT2D eigenvalue weighted by molar-refractivity contribution is 5.95. The highest BCUT2D eigenvalue weighted by Gasteiger charge is 2.35. The minimum absolute atomic E-state index is 0.0663. The molecule has 2 N–H and O–H groups in total. The number of ether oxygens (including phenoxy) is 1. The quantitative estimate of drug-likeness (QED) is 0.461. The topological polar surface area (TPSA) is 114 Å². The molecule has 35 heavy (non-hydrogen) atoms. The lowest BCUT2D eigenvalue weighted by Gasteiger charge is -2.31. The summed E-state index contributed by atoms with van der Waals surface area (Å²) in [5.41, 5.74) is 0.793. The van der Waals surface area contributed by atoms with Gasteiger partial charge < -0.3 is 29.1 Å². The molecule has 3 amide bonds. The second-order valence-corrected chi connectivity index (χ2v) is 8.44. The molecule has 1 fully saturated rings. The van der Waals surface area contributed by atoms with Gasteiger partial charge in [0.25, 0.3) is 11.8 Å². The fraction of sp³-hybridized carbons (Fsp3) is 0.346. The largest absolute Gasteiger partial charge is 0.497 e. The molecule has 2 aromatic heterocycles. The summed E-state index contributed by atoms with van der Waals surface area (Å²) in [7, 11) is 1.58. The maximum absolute atomic E-state index is 13.5. The summed E-state index contributed by atoms with van der Waals surface area (Å²) in [5.74, 6) is -0.146. The molecule has 184 valence electrons. The average Bonchev–Trinajstić information content (AvgIpc) is 3.66. The van der Waals surface area contributed by atoms with Crippen molar-refractivity contribution in [1.29, 1.82) is 0 Å². The Kier molecular flexibility index (Phi) is 7.87. The summed E-state index contributed by atoms with van der Waals surface area (Å²) < 4.78 is 15.9. The molecule has 0 radical (unpaired) electrons. The van der Waals surface area contributed by atoms with Crippen molar-refractivity contribution < 1.29 is 28.0 Å². The van der Waals surface area contributed by atoms with Crippen LogP contribution in [-0.4, -0.2) is 42.3 Å². The van der Waals surface area contributed by atoms with E-state index in [0.29, 0.717) is 11.5 Å². The number of carbonyl (C=O) groups is 3. The van der Waals surface area contributed by atoms with Crippen LogP contribution in [0.1, 0.15) is 53.6 Å². The van der Waals surface area contributed by atoms with Crippen LogP contribution in [0, 0.1) is 0 Å². The van der Waals surface area contributed by atoms with E-state index >= 15 is 0 Å². The van der Waals surface area contributed by atoms with Crippen LogP contribution in [0.3, 0.4) is 0 Å². The molecule has 0 unspecified atom stereocenters. The third kappa shape index (κ3) is 6.11. The van der Waals surface area contributed by atoms with Crippen molar-refractivity contribution in [3.8, 4) is 5.75 Å². The summed E-state index contributed by atoms with van der Waals surface area (Å²) in [6.45, 7) is -0.188. The van der Waals surface area contributed by atoms with E-state index in [9.17, 15) is 14.4 Å². The first-order valence-corrected chi connectivity index (χ1v) is 11.6. The van der Waals surface area contributed by atoms with Gasteiger partial charge in [-0.3, -0.25) is 14.4 Å². The molecule has 9 heteroatoms. The highest BCUT2D eigenvalue weighted by Crippen LogP contribution is 2.27. The number of hydrogen-bond donors (Lipinski definition) is 2. The van der Waals surface area contributed by atoms with E-state index in [4.69, 9.17) is 13.6 Å². The molecule has 0 spiro atoms. The van der Waals surface area contributed by atoms with Gasteiger partial charge in [-0.2, -0.15) is 0 Å². The van der Waals surface area contributed by atoms with Crippen molar-refractivity contribution in [3.63, 3.8) is 0 Å². The van der Waals surface area contributed by atoms with Crippen molar-refractivity contribution in [2.45, 2.75) is 44.3 Å². The van der Waals surface area contributed by atoms with Crippen molar-refractivity contribution >= 4 is 17.7 Å². The van der Waals surface area contributed by atoms with Gasteiger partial charge in [-0.1, -0.05) is 25.0 Å². The van der Waals surface area contributed by atoms with E-state index in [-0.39, 0.29) is 30.8 Å². The Morgan fingerprint density at radius 1 is 1.03 bits per heavy atom. The van der Waals surface area contributed by atoms with Gasteiger partial charge in [-0.25, -0.2) is 0 Å². The van der Waals surface area contributed by atoms with Gasteiger partial charge in [0.2, 0.25) is 5.91 Å². The van der Waals surface area contributed by atoms with Gasteiger partial charge in [0.1, 0.15) is 11.5 Å². The molecular formula is C26H29N3O6. The number of furan rings is 2. The van der Waals surface area contributed by atoms with Crippen molar-refractivity contribution in [1.82, 2.24) is 15.5 Å². The molecule has 3 aromatic rings. The molecular weight excluding hydrogens is 450 g/mol. The van der Waals surface area contributed by atoms with E-state index in [1.54, 1.807) is 37.4 Å². The Bertz CT molecular complexity index is 1100. The number of nitrogens with one attached hydrogen (secondary N) is 2. The summed E-state index contributed by atoms with van der Waals surface area (Å²) in [5, 5.41) is 5.65. The molecule has 1 aromatic carbocycles. The van der Waals surface area contributed by atoms with Crippen LogP contribution in [0.5, 0.6) is 5.75 Å². The standard InChI is InChI=1S/C26H29N3O6/c1-33-20-12-10-18(11-13-20)17-29(23(30)16-27-25(31)22-9-5-15-35-22)24(21-8-4-14-34-21)26(32)28-19-6-2-3-7-19/h4-5,8-15,19,24H,2-3,6-7,16-17H2,1H3,(H,27,31)(H,28,32)/t24-/m1/s1. The summed E-state index contributed by atoms with van der Waals surface area (Å²) in [6, 6.07) is 12.8. The zero-order valence-electron chi connectivity index (χ0n) is 19.6. The fourth-order valence-corrected chi connectivity index (χ4v) is 4.22. The number of amides is 3. The van der Waals surface area contributed by atoms with Gasteiger partial charge in [0, 0.05) is 12.6 Å². The first kappa shape index (κ1) is 24.1. The van der Waals surface area contributed by atoms with Crippen molar-refractivity contribution in [2.24, 2.45) is 0 Å². The Labute approximate surface area is 203 Å². The van der Waals surface area contributed by atoms with Gasteiger partial charge >= 0.3 is 0 Å².